The van der Waals surface area contributed by atoms with E-state index in [-0.39, 0.29) is 51.4 Å². The van der Waals surface area contributed by atoms with E-state index in [0.717, 1.165) is 0 Å². The fourth-order valence-electron chi connectivity index (χ4n) is 0.0577. The third-order valence-corrected chi connectivity index (χ3v) is 0.199. The third-order valence-electron chi connectivity index (χ3n) is 0.199. The average molecular weight is 112 g/mol. The number of nitrogens with zero attached hydrogens (tertiary/aromatic N) is 2. The predicted octanol–water partition coefficient (Wildman–Crippen LogP) is -1.93. The Kier molecular flexibility index (Phi) is 15.8. The van der Waals surface area contributed by atoms with Gasteiger partial charge in [0.2, 0.25) is 0 Å². The van der Waals surface area contributed by atoms with E-state index in [1.807, 2.05) is 0 Å². The second-order valence-electron chi connectivity index (χ2n) is 0.539. The van der Waals surface area contributed by atoms with Gasteiger partial charge in [0.15, 0.2) is 0 Å². The molecule has 0 N–H and O–H groups in total. The number of rotatable bonds is 2. The fourth-order valence-corrected chi connectivity index (χ4v) is 0.0577. The van der Waals surface area contributed by atoms with Gasteiger partial charge in [-0.15, -0.1) is 11.8 Å². The quantitative estimate of drug-likeness (QED) is 0.233. The Bertz CT molecular complexity index is 32.7. The molecule has 0 radical (unpaired) electrons. The van der Waals surface area contributed by atoms with Gasteiger partial charge in [-0.2, -0.15) is 4.91 Å². The molecule has 0 aliphatic heterocycles. The van der Waals surface area contributed by atoms with E-state index >= 15 is 0 Å². The predicted molar refractivity (Wildman–Crippen MR) is 19.7 cm³/mol. The summed E-state index contributed by atoms with van der Waals surface area (Å²) in [6.07, 6.45) is 0. The van der Waals surface area contributed by atoms with E-state index < -0.39 is 0 Å². The van der Waals surface area contributed by atoms with Crippen molar-refractivity contribution in [2.45, 2.75) is 6.92 Å². The zero-order valence-corrected chi connectivity index (χ0v) is 7.13. The van der Waals surface area contributed by atoms with E-state index in [1.54, 1.807) is 6.92 Å². The van der Waals surface area contributed by atoms with Crippen molar-refractivity contribution in [3.05, 3.63) is 10.3 Å². The van der Waals surface area contributed by atoms with Gasteiger partial charge in [-0.25, -0.2) is 0 Å². The van der Waals surface area contributed by atoms with Gasteiger partial charge in [0, 0.05) is 0 Å². The van der Waals surface area contributed by atoms with Crippen LogP contribution in [0, 0.1) is 4.91 Å². The molecule has 6 heavy (non-hydrogen) atoms. The number of nitroso groups, excluding NO2 is 1. The van der Waals surface area contributed by atoms with Gasteiger partial charge >= 0.3 is 51.4 Å². The van der Waals surface area contributed by atoms with Crippen LogP contribution in [0.5, 0.6) is 0 Å². The van der Waals surface area contributed by atoms with E-state index in [4.69, 9.17) is 4.91 Å². The van der Waals surface area contributed by atoms with Gasteiger partial charge < -0.3 is 5.43 Å². The molecule has 3 nitrogen and oxygen atoms in total. The maximum atomic E-state index is 8.99. The van der Waals surface area contributed by atoms with Crippen LogP contribution in [0.4, 0.5) is 0 Å². The molecular weight excluding hydrogens is 107 g/mol. The molecule has 0 spiro atoms. The fraction of sp³-hybridized carbons (Fsp3) is 1.00. The minimum Gasteiger partial charge on any atom is -0.563 e. The van der Waals surface area contributed by atoms with Gasteiger partial charge in [0.25, 0.3) is 0 Å². The van der Waals surface area contributed by atoms with Crippen molar-refractivity contribution in [2.75, 3.05) is 6.54 Å². The van der Waals surface area contributed by atoms with Crippen molar-refractivity contribution in [3.63, 3.8) is 0 Å². The van der Waals surface area contributed by atoms with Gasteiger partial charge in [-0.05, 0) is 0 Å². The Morgan fingerprint density at radius 2 is 2.33 bits per heavy atom. The molecule has 0 aromatic heterocycles. The molecule has 30 valence electrons. The first-order valence-corrected chi connectivity index (χ1v) is 1.41. The average Bonchev–Trinajstić information content (AvgIpc) is 1.41. The maximum absolute atomic E-state index is 8.99. The Hall–Kier alpha value is 1.04. The Morgan fingerprint density at radius 3 is 2.33 bits per heavy atom. The van der Waals surface area contributed by atoms with Crippen molar-refractivity contribution in [1.29, 1.82) is 0 Å². The van der Waals surface area contributed by atoms with Gasteiger partial charge in [-0.3, -0.25) is 0 Å². The van der Waals surface area contributed by atoms with Crippen LogP contribution in [0.15, 0.2) is 5.29 Å². The van der Waals surface area contributed by atoms with E-state index in [1.165, 1.54) is 0 Å². The Balaban J connectivity index is 0. The van der Waals surface area contributed by atoms with Crippen molar-refractivity contribution >= 4 is 0 Å². The largest absolute Gasteiger partial charge is 1.00 e. The monoisotopic (exact) mass is 112 g/mol. The summed E-state index contributed by atoms with van der Waals surface area (Å²) in [6.45, 7) is 2.24. The topological polar surface area (TPSA) is 43.5 Å². The molecule has 0 aliphatic carbocycles. The summed E-state index contributed by atoms with van der Waals surface area (Å²) in [5, 5.41) is 2.23. The summed E-state index contributed by atoms with van der Waals surface area (Å²) in [5.74, 6) is 0. The molecule has 0 aromatic rings. The summed E-state index contributed by atoms with van der Waals surface area (Å²) in [6, 6.07) is 0. The van der Waals surface area contributed by atoms with Crippen LogP contribution in [0.25, 0.3) is 5.43 Å². The van der Waals surface area contributed by atoms with Crippen LogP contribution in [0.1, 0.15) is 6.92 Å². The van der Waals surface area contributed by atoms with Gasteiger partial charge in [0.1, 0.15) is 0 Å². The first-order valence-electron chi connectivity index (χ1n) is 1.41. The standard InChI is InChI=1S/C2H6N2O.K/c1-2-3-4-5;/h2H2,1H3,(H,3,5);/q;+1/p-1. The summed E-state index contributed by atoms with van der Waals surface area (Å²) in [4.78, 5) is 8.99. The second-order valence-corrected chi connectivity index (χ2v) is 0.539. The molecule has 0 saturated heterocycles. The summed E-state index contributed by atoms with van der Waals surface area (Å²) in [5.41, 5.74) is 3.04. The molecule has 0 aromatic carbocycles. The molecule has 0 unspecified atom stereocenters. The number of hydrogen-bond acceptors (Lipinski definition) is 2. The molecule has 0 atom stereocenters. The van der Waals surface area contributed by atoms with Gasteiger partial charge in [0.05, 0.1) is 0 Å². The van der Waals surface area contributed by atoms with Crippen LogP contribution in [0.2, 0.25) is 0 Å². The molecule has 0 amide bonds. The summed E-state index contributed by atoms with van der Waals surface area (Å²) in [7, 11) is 0. The van der Waals surface area contributed by atoms with Crippen LogP contribution >= 0.6 is 0 Å². The normalized spacial score (nSPS) is 5.50. The SMILES string of the molecule is CC[N-]N=O.[K+]. The second kappa shape index (κ2) is 9.40. The van der Waals surface area contributed by atoms with Crippen molar-refractivity contribution in [3.8, 4) is 0 Å². The van der Waals surface area contributed by atoms with Crippen molar-refractivity contribution in [1.82, 2.24) is 0 Å². The summed E-state index contributed by atoms with van der Waals surface area (Å²) < 4.78 is 0. The minimum atomic E-state index is 0. The van der Waals surface area contributed by atoms with Crippen LogP contribution in [0.3, 0.4) is 0 Å². The van der Waals surface area contributed by atoms with E-state index in [2.05, 4.69) is 10.7 Å². The molecule has 4 heteroatoms. The molecule has 0 saturated carbocycles. The maximum Gasteiger partial charge on any atom is 1.00 e. The molecule has 0 fully saturated rings. The molecule has 0 bridgehead atoms. The van der Waals surface area contributed by atoms with Crippen molar-refractivity contribution < 1.29 is 51.4 Å². The van der Waals surface area contributed by atoms with Crippen LogP contribution in [-0.2, 0) is 0 Å². The van der Waals surface area contributed by atoms with Gasteiger partial charge in [-0.1, -0.05) is 6.92 Å². The minimum absolute atomic E-state index is 0. The van der Waals surface area contributed by atoms with Crippen LogP contribution in [-0.4, -0.2) is 6.54 Å². The zero-order valence-electron chi connectivity index (χ0n) is 4.01. The third kappa shape index (κ3) is 8.90. The summed E-state index contributed by atoms with van der Waals surface area (Å²) >= 11 is 0. The van der Waals surface area contributed by atoms with Crippen molar-refractivity contribution in [2.24, 2.45) is 5.29 Å². The van der Waals surface area contributed by atoms with E-state index in [9.17, 15) is 0 Å². The zero-order chi connectivity index (χ0) is 4.12. The Labute approximate surface area is 79.2 Å². The number of hydrogen-bond donors (Lipinski definition) is 0. The molecule has 0 heterocycles. The van der Waals surface area contributed by atoms with Crippen LogP contribution < -0.4 is 51.4 Å². The van der Waals surface area contributed by atoms with E-state index in [0.29, 0.717) is 6.54 Å². The smallest absolute Gasteiger partial charge is 0.563 e. The molecule has 0 rings (SSSR count). The Morgan fingerprint density at radius 1 is 1.83 bits per heavy atom. The first kappa shape index (κ1) is 10.1. The molecule has 0 aliphatic rings. The molecular formula is C2H5KN2O. The first-order chi connectivity index (χ1) is 2.41.